The summed E-state index contributed by atoms with van der Waals surface area (Å²) in [5.41, 5.74) is 0.903. The molecule has 0 spiro atoms. The predicted octanol–water partition coefficient (Wildman–Crippen LogP) is 4.16. The van der Waals surface area contributed by atoms with Gasteiger partial charge in [0, 0.05) is 6.20 Å². The van der Waals surface area contributed by atoms with Crippen LogP contribution < -0.4 is 5.32 Å². The lowest BCUT2D eigenvalue weighted by Gasteiger charge is -2.03. The van der Waals surface area contributed by atoms with Gasteiger partial charge in [-0.15, -0.1) is 11.3 Å². The van der Waals surface area contributed by atoms with Crippen molar-refractivity contribution in [2.45, 2.75) is 19.8 Å². The number of amides is 1. The number of rotatable bonds is 5. The third-order valence-corrected chi connectivity index (χ3v) is 3.50. The van der Waals surface area contributed by atoms with E-state index in [4.69, 9.17) is 4.74 Å². The minimum absolute atomic E-state index is 0.400. The van der Waals surface area contributed by atoms with Gasteiger partial charge >= 0.3 is 6.09 Å². The Kier molecular flexibility index (Phi) is 4.92. The molecule has 1 N–H and O–H groups in total. The van der Waals surface area contributed by atoms with Gasteiger partial charge in [-0.3, -0.25) is 10.3 Å². The monoisotopic (exact) mass is 276 g/mol. The standard InChI is InChI=1S/C14H16N2O2S/c1-2-3-10-18-14(17)16-13-8-7-12(19-13)11-6-4-5-9-15-11/h4-9H,2-3,10H2,1H3,(H,16,17). The number of carbonyl (C=O) groups is 1. The van der Waals surface area contributed by atoms with Gasteiger partial charge in [0.2, 0.25) is 0 Å². The number of carbonyl (C=O) groups excluding carboxylic acids is 1. The predicted molar refractivity (Wildman–Crippen MR) is 77.4 cm³/mol. The molecule has 0 atom stereocenters. The first-order valence-electron chi connectivity index (χ1n) is 6.24. The summed E-state index contributed by atoms with van der Waals surface area (Å²) in [4.78, 5) is 16.8. The van der Waals surface area contributed by atoms with E-state index in [1.54, 1.807) is 6.20 Å². The third kappa shape index (κ3) is 4.06. The van der Waals surface area contributed by atoms with Crippen LogP contribution in [0.2, 0.25) is 0 Å². The van der Waals surface area contributed by atoms with E-state index in [1.165, 1.54) is 11.3 Å². The number of thiophene rings is 1. The van der Waals surface area contributed by atoms with Crippen LogP contribution in [0.3, 0.4) is 0 Å². The Labute approximate surface area is 116 Å². The van der Waals surface area contributed by atoms with E-state index in [9.17, 15) is 4.79 Å². The Morgan fingerprint density at radius 1 is 1.37 bits per heavy atom. The molecule has 2 rings (SSSR count). The smallest absolute Gasteiger partial charge is 0.412 e. The van der Waals surface area contributed by atoms with Crippen molar-refractivity contribution >= 4 is 22.4 Å². The maximum absolute atomic E-state index is 11.5. The molecule has 0 bridgehead atoms. The van der Waals surface area contributed by atoms with Crippen LogP contribution in [-0.2, 0) is 4.74 Å². The summed E-state index contributed by atoms with van der Waals surface area (Å²) in [7, 11) is 0. The van der Waals surface area contributed by atoms with Gasteiger partial charge in [-0.05, 0) is 30.7 Å². The molecule has 0 saturated heterocycles. The topological polar surface area (TPSA) is 51.2 Å². The van der Waals surface area contributed by atoms with Crippen molar-refractivity contribution in [2.24, 2.45) is 0 Å². The number of ether oxygens (including phenoxy) is 1. The molecule has 0 saturated carbocycles. The van der Waals surface area contributed by atoms with Crippen molar-refractivity contribution in [3.05, 3.63) is 36.5 Å². The maximum atomic E-state index is 11.5. The van der Waals surface area contributed by atoms with Crippen LogP contribution in [0.25, 0.3) is 10.6 Å². The van der Waals surface area contributed by atoms with Crippen LogP contribution in [0.4, 0.5) is 9.80 Å². The zero-order valence-corrected chi connectivity index (χ0v) is 11.6. The molecule has 100 valence electrons. The minimum Gasteiger partial charge on any atom is -0.449 e. The van der Waals surface area contributed by atoms with Crippen LogP contribution in [0.1, 0.15) is 19.8 Å². The van der Waals surface area contributed by atoms with Crippen LogP contribution >= 0.6 is 11.3 Å². The number of nitrogens with zero attached hydrogens (tertiary/aromatic N) is 1. The van der Waals surface area contributed by atoms with Crippen molar-refractivity contribution in [3.8, 4) is 10.6 Å². The van der Waals surface area contributed by atoms with Crippen molar-refractivity contribution in [2.75, 3.05) is 11.9 Å². The number of nitrogens with one attached hydrogen (secondary N) is 1. The van der Waals surface area contributed by atoms with E-state index in [0.717, 1.165) is 28.4 Å². The molecule has 2 heterocycles. The fourth-order valence-corrected chi connectivity index (χ4v) is 2.37. The number of unbranched alkanes of at least 4 members (excludes halogenated alkanes) is 1. The molecular formula is C14H16N2O2S. The minimum atomic E-state index is -0.400. The molecule has 0 aromatic carbocycles. The second-order valence-corrected chi connectivity index (χ2v) is 5.08. The van der Waals surface area contributed by atoms with Crippen LogP contribution in [0.5, 0.6) is 0 Å². The van der Waals surface area contributed by atoms with E-state index < -0.39 is 6.09 Å². The summed E-state index contributed by atoms with van der Waals surface area (Å²) >= 11 is 1.48. The first kappa shape index (κ1) is 13.5. The first-order valence-corrected chi connectivity index (χ1v) is 7.06. The third-order valence-electron chi connectivity index (χ3n) is 2.48. The average Bonchev–Trinajstić information content (AvgIpc) is 2.88. The second-order valence-electron chi connectivity index (χ2n) is 3.99. The summed E-state index contributed by atoms with van der Waals surface area (Å²) in [5.74, 6) is 0. The number of pyridine rings is 1. The molecule has 0 radical (unpaired) electrons. The summed E-state index contributed by atoms with van der Waals surface area (Å²) in [6.45, 7) is 2.51. The Bertz CT molecular complexity index is 525. The van der Waals surface area contributed by atoms with E-state index in [1.807, 2.05) is 30.3 Å². The van der Waals surface area contributed by atoms with Gasteiger partial charge in [0.15, 0.2) is 0 Å². The fraction of sp³-hybridized carbons (Fsp3) is 0.286. The molecule has 2 aromatic rings. The van der Waals surface area contributed by atoms with Crippen molar-refractivity contribution < 1.29 is 9.53 Å². The van der Waals surface area contributed by atoms with Crippen molar-refractivity contribution in [1.29, 1.82) is 0 Å². The number of hydrogen-bond acceptors (Lipinski definition) is 4. The summed E-state index contributed by atoms with van der Waals surface area (Å²) in [6, 6.07) is 9.55. The molecule has 0 fully saturated rings. The Balaban J connectivity index is 1.93. The lowest BCUT2D eigenvalue weighted by atomic mass is 10.3. The molecular weight excluding hydrogens is 260 g/mol. The van der Waals surface area contributed by atoms with Gasteiger partial charge in [-0.25, -0.2) is 4.79 Å². The zero-order chi connectivity index (χ0) is 13.5. The first-order chi connectivity index (χ1) is 9.29. The molecule has 0 unspecified atom stereocenters. The van der Waals surface area contributed by atoms with Crippen LogP contribution in [0, 0.1) is 0 Å². The summed E-state index contributed by atoms with van der Waals surface area (Å²) in [6.07, 6.45) is 3.25. The van der Waals surface area contributed by atoms with Gasteiger partial charge in [0.25, 0.3) is 0 Å². The van der Waals surface area contributed by atoms with Gasteiger partial charge in [0.1, 0.15) is 0 Å². The van der Waals surface area contributed by atoms with E-state index in [-0.39, 0.29) is 0 Å². The van der Waals surface area contributed by atoms with E-state index in [0.29, 0.717) is 6.61 Å². The molecule has 2 aromatic heterocycles. The lowest BCUT2D eigenvalue weighted by molar-refractivity contribution is 0.160. The Morgan fingerprint density at radius 3 is 3.00 bits per heavy atom. The molecule has 19 heavy (non-hydrogen) atoms. The van der Waals surface area contributed by atoms with E-state index >= 15 is 0 Å². The number of aromatic nitrogens is 1. The fourth-order valence-electron chi connectivity index (χ4n) is 1.50. The lowest BCUT2D eigenvalue weighted by Crippen LogP contribution is -2.13. The quantitative estimate of drug-likeness (QED) is 0.834. The summed E-state index contributed by atoms with van der Waals surface area (Å²) in [5, 5.41) is 3.49. The van der Waals surface area contributed by atoms with Crippen LogP contribution in [-0.4, -0.2) is 17.7 Å². The number of anilines is 1. The molecule has 5 heteroatoms. The van der Waals surface area contributed by atoms with Gasteiger partial charge < -0.3 is 4.74 Å². The van der Waals surface area contributed by atoms with E-state index in [2.05, 4.69) is 17.2 Å². The normalized spacial score (nSPS) is 10.2. The highest BCUT2D eigenvalue weighted by molar-refractivity contribution is 7.19. The average molecular weight is 276 g/mol. The van der Waals surface area contributed by atoms with Crippen LogP contribution in [0.15, 0.2) is 36.5 Å². The summed E-state index contributed by atoms with van der Waals surface area (Å²) < 4.78 is 5.04. The second kappa shape index (κ2) is 6.89. The zero-order valence-electron chi connectivity index (χ0n) is 10.8. The molecule has 1 amide bonds. The molecule has 4 nitrogen and oxygen atoms in total. The largest absolute Gasteiger partial charge is 0.449 e. The van der Waals surface area contributed by atoms with Gasteiger partial charge in [-0.2, -0.15) is 0 Å². The highest BCUT2D eigenvalue weighted by atomic mass is 32.1. The maximum Gasteiger partial charge on any atom is 0.412 e. The Morgan fingerprint density at radius 2 is 2.26 bits per heavy atom. The van der Waals surface area contributed by atoms with Crippen molar-refractivity contribution in [1.82, 2.24) is 4.98 Å². The van der Waals surface area contributed by atoms with Crippen molar-refractivity contribution in [3.63, 3.8) is 0 Å². The van der Waals surface area contributed by atoms with Gasteiger partial charge in [-0.1, -0.05) is 19.4 Å². The highest BCUT2D eigenvalue weighted by Gasteiger charge is 2.07. The SMILES string of the molecule is CCCCOC(=O)Nc1ccc(-c2ccccn2)s1. The van der Waals surface area contributed by atoms with Gasteiger partial charge in [0.05, 0.1) is 22.2 Å². The highest BCUT2D eigenvalue weighted by Crippen LogP contribution is 2.29. The number of hydrogen-bond donors (Lipinski definition) is 1. The molecule has 0 aliphatic carbocycles. The Hall–Kier alpha value is -1.88. The molecule has 0 aliphatic heterocycles. The molecule has 0 aliphatic rings.